The lowest BCUT2D eigenvalue weighted by molar-refractivity contribution is -0.145. The molecule has 0 fully saturated rings. The normalized spacial score (nSPS) is 11.5. The van der Waals surface area contributed by atoms with Crippen molar-refractivity contribution in [2.24, 2.45) is 5.92 Å². The van der Waals surface area contributed by atoms with Gasteiger partial charge in [0.15, 0.2) is 6.61 Å². The maximum absolute atomic E-state index is 12.9. The minimum atomic E-state index is -0.698. The van der Waals surface area contributed by atoms with E-state index in [2.05, 4.69) is 10.6 Å². The summed E-state index contributed by atoms with van der Waals surface area (Å²) in [7, 11) is 0. The standard InChI is InChI=1S/C24H30N2O5/c1-5-30-22(27)15-31-19-11-8-10-18(14-19)25-24(29)21(13-16(2)3)26-23(28)20-12-7-6-9-17(20)4/h6-12,14,16,21H,5,13,15H2,1-4H3,(H,25,29)(H,26,28). The van der Waals surface area contributed by atoms with Crippen LogP contribution < -0.4 is 15.4 Å². The number of hydrogen-bond donors (Lipinski definition) is 2. The Bertz CT molecular complexity index is 910. The summed E-state index contributed by atoms with van der Waals surface area (Å²) < 4.78 is 10.2. The van der Waals surface area contributed by atoms with Gasteiger partial charge in [0.2, 0.25) is 5.91 Å². The molecule has 7 nitrogen and oxygen atoms in total. The predicted molar refractivity (Wildman–Crippen MR) is 119 cm³/mol. The maximum Gasteiger partial charge on any atom is 0.344 e. The van der Waals surface area contributed by atoms with Crippen molar-refractivity contribution in [1.29, 1.82) is 0 Å². The SMILES string of the molecule is CCOC(=O)COc1cccc(NC(=O)C(CC(C)C)NC(=O)c2ccccc2C)c1. The van der Waals surface area contributed by atoms with Crippen LogP contribution in [0.3, 0.4) is 0 Å². The van der Waals surface area contributed by atoms with E-state index in [9.17, 15) is 14.4 Å². The third-order valence-electron chi connectivity index (χ3n) is 4.48. The van der Waals surface area contributed by atoms with Crippen LogP contribution in [-0.2, 0) is 14.3 Å². The molecule has 0 bridgehead atoms. The van der Waals surface area contributed by atoms with E-state index in [1.54, 1.807) is 43.3 Å². The first-order valence-corrected chi connectivity index (χ1v) is 10.4. The molecule has 2 aromatic carbocycles. The summed E-state index contributed by atoms with van der Waals surface area (Å²) in [5, 5.41) is 5.67. The molecular formula is C24H30N2O5. The lowest BCUT2D eigenvalue weighted by Gasteiger charge is -2.21. The molecule has 31 heavy (non-hydrogen) atoms. The van der Waals surface area contributed by atoms with Crippen molar-refractivity contribution < 1.29 is 23.9 Å². The number of aryl methyl sites for hydroxylation is 1. The number of ether oxygens (including phenoxy) is 2. The molecule has 166 valence electrons. The zero-order valence-corrected chi connectivity index (χ0v) is 18.4. The van der Waals surface area contributed by atoms with Gasteiger partial charge in [-0.3, -0.25) is 9.59 Å². The Labute approximate surface area is 183 Å². The van der Waals surface area contributed by atoms with E-state index in [1.807, 2.05) is 32.9 Å². The Hall–Kier alpha value is -3.35. The second-order valence-electron chi connectivity index (χ2n) is 7.58. The summed E-state index contributed by atoms with van der Waals surface area (Å²) in [5.74, 6) is -0.446. The highest BCUT2D eigenvalue weighted by Crippen LogP contribution is 2.18. The highest BCUT2D eigenvalue weighted by Gasteiger charge is 2.23. The number of hydrogen-bond acceptors (Lipinski definition) is 5. The van der Waals surface area contributed by atoms with Crippen molar-refractivity contribution >= 4 is 23.5 Å². The van der Waals surface area contributed by atoms with E-state index in [0.29, 0.717) is 23.4 Å². The second kappa shape index (κ2) is 11.7. The van der Waals surface area contributed by atoms with E-state index >= 15 is 0 Å². The molecule has 0 spiro atoms. The molecule has 0 aromatic heterocycles. The predicted octanol–water partition coefficient (Wildman–Crippen LogP) is 3.72. The Morgan fingerprint density at radius 1 is 1.03 bits per heavy atom. The molecule has 2 rings (SSSR count). The number of nitrogens with one attached hydrogen (secondary N) is 2. The molecule has 0 saturated carbocycles. The van der Waals surface area contributed by atoms with Crippen LogP contribution in [0.1, 0.15) is 43.1 Å². The Kier molecular flexibility index (Phi) is 9.06. The number of amides is 2. The van der Waals surface area contributed by atoms with Gasteiger partial charge in [-0.05, 0) is 49.9 Å². The third-order valence-corrected chi connectivity index (χ3v) is 4.48. The molecule has 0 aliphatic carbocycles. The summed E-state index contributed by atoms with van der Waals surface area (Å²) >= 11 is 0. The first-order chi connectivity index (χ1) is 14.8. The summed E-state index contributed by atoms with van der Waals surface area (Å²) in [6.07, 6.45) is 0.489. The monoisotopic (exact) mass is 426 g/mol. The summed E-state index contributed by atoms with van der Waals surface area (Å²) in [6, 6.07) is 13.3. The number of carbonyl (C=O) groups is 3. The summed E-state index contributed by atoms with van der Waals surface area (Å²) in [4.78, 5) is 37.1. The zero-order chi connectivity index (χ0) is 22.8. The molecule has 0 saturated heterocycles. The van der Waals surface area contributed by atoms with Gasteiger partial charge in [-0.2, -0.15) is 0 Å². The van der Waals surface area contributed by atoms with Crippen molar-refractivity contribution in [3.63, 3.8) is 0 Å². The van der Waals surface area contributed by atoms with Crippen LogP contribution in [0, 0.1) is 12.8 Å². The van der Waals surface area contributed by atoms with E-state index < -0.39 is 12.0 Å². The third kappa shape index (κ3) is 7.77. The molecule has 1 unspecified atom stereocenters. The van der Waals surface area contributed by atoms with Gasteiger partial charge in [0.25, 0.3) is 5.91 Å². The number of benzene rings is 2. The van der Waals surface area contributed by atoms with E-state index in [1.165, 1.54) is 0 Å². The van der Waals surface area contributed by atoms with Crippen LogP contribution in [0.2, 0.25) is 0 Å². The highest BCUT2D eigenvalue weighted by molar-refractivity contribution is 6.01. The summed E-state index contributed by atoms with van der Waals surface area (Å²) in [5.41, 5.74) is 1.89. The molecule has 7 heteroatoms. The molecule has 0 radical (unpaired) electrons. The minimum absolute atomic E-state index is 0.201. The lowest BCUT2D eigenvalue weighted by Crippen LogP contribution is -2.44. The van der Waals surface area contributed by atoms with E-state index in [4.69, 9.17) is 9.47 Å². The quantitative estimate of drug-likeness (QED) is 0.565. The highest BCUT2D eigenvalue weighted by atomic mass is 16.6. The molecule has 0 heterocycles. The van der Waals surface area contributed by atoms with Gasteiger partial charge in [-0.25, -0.2) is 4.79 Å². The fourth-order valence-electron chi connectivity index (χ4n) is 3.00. The molecular weight excluding hydrogens is 396 g/mol. The number of esters is 1. The van der Waals surface area contributed by atoms with Gasteiger partial charge < -0.3 is 20.1 Å². The smallest absolute Gasteiger partial charge is 0.344 e. The molecule has 2 N–H and O–H groups in total. The summed E-state index contributed by atoms with van der Waals surface area (Å²) in [6.45, 7) is 7.62. The van der Waals surface area contributed by atoms with Crippen LogP contribution in [0.4, 0.5) is 5.69 Å². The molecule has 2 aromatic rings. The maximum atomic E-state index is 12.9. The lowest BCUT2D eigenvalue weighted by atomic mass is 10.0. The van der Waals surface area contributed by atoms with Crippen LogP contribution in [0.5, 0.6) is 5.75 Å². The van der Waals surface area contributed by atoms with Crippen LogP contribution in [0.25, 0.3) is 0 Å². The van der Waals surface area contributed by atoms with Crippen LogP contribution in [-0.4, -0.2) is 37.0 Å². The number of anilines is 1. The fraction of sp³-hybridized carbons (Fsp3) is 0.375. The Morgan fingerprint density at radius 3 is 2.45 bits per heavy atom. The zero-order valence-electron chi connectivity index (χ0n) is 18.4. The van der Waals surface area contributed by atoms with Gasteiger partial charge >= 0.3 is 5.97 Å². The Balaban J connectivity index is 2.06. The van der Waals surface area contributed by atoms with E-state index in [0.717, 1.165) is 5.56 Å². The van der Waals surface area contributed by atoms with Crippen molar-refractivity contribution in [2.45, 2.75) is 40.2 Å². The Morgan fingerprint density at radius 2 is 1.77 bits per heavy atom. The largest absolute Gasteiger partial charge is 0.482 e. The fourth-order valence-corrected chi connectivity index (χ4v) is 3.00. The van der Waals surface area contributed by atoms with Gasteiger partial charge in [0.1, 0.15) is 11.8 Å². The first-order valence-electron chi connectivity index (χ1n) is 10.4. The average Bonchev–Trinajstić information content (AvgIpc) is 2.72. The van der Waals surface area contributed by atoms with Gasteiger partial charge in [0, 0.05) is 17.3 Å². The average molecular weight is 427 g/mol. The second-order valence-corrected chi connectivity index (χ2v) is 7.58. The van der Waals surface area contributed by atoms with Crippen LogP contribution in [0.15, 0.2) is 48.5 Å². The number of rotatable bonds is 10. The van der Waals surface area contributed by atoms with Gasteiger partial charge in [0.05, 0.1) is 6.61 Å². The van der Waals surface area contributed by atoms with Gasteiger partial charge in [-0.1, -0.05) is 38.1 Å². The van der Waals surface area contributed by atoms with Crippen LogP contribution >= 0.6 is 0 Å². The van der Waals surface area contributed by atoms with Crippen molar-refractivity contribution in [3.05, 3.63) is 59.7 Å². The first kappa shape index (κ1) is 23.9. The van der Waals surface area contributed by atoms with Crippen molar-refractivity contribution in [1.82, 2.24) is 5.32 Å². The van der Waals surface area contributed by atoms with E-state index in [-0.39, 0.29) is 30.9 Å². The minimum Gasteiger partial charge on any atom is -0.482 e. The molecule has 1 atom stereocenters. The molecule has 2 amide bonds. The number of carbonyl (C=O) groups excluding carboxylic acids is 3. The van der Waals surface area contributed by atoms with Gasteiger partial charge in [-0.15, -0.1) is 0 Å². The van der Waals surface area contributed by atoms with Crippen molar-refractivity contribution in [2.75, 3.05) is 18.5 Å². The topological polar surface area (TPSA) is 93.7 Å². The molecule has 0 aliphatic heterocycles. The molecule has 0 aliphatic rings. The van der Waals surface area contributed by atoms with Crippen molar-refractivity contribution in [3.8, 4) is 5.75 Å².